The molecule has 24 heavy (non-hydrogen) atoms. The molecule has 2 heterocycles. The Labute approximate surface area is 150 Å². The number of nitrogens with zero attached hydrogens (tertiary/aromatic N) is 2. The fraction of sp³-hybridized carbons (Fsp3) is 0.294. The van der Waals surface area contributed by atoms with Gasteiger partial charge in [-0.25, -0.2) is 4.79 Å². The number of likely N-dealkylation sites (tertiary alicyclic amines) is 1. The summed E-state index contributed by atoms with van der Waals surface area (Å²) in [5.74, 6) is 1.11. The summed E-state index contributed by atoms with van der Waals surface area (Å²) in [7, 11) is 0. The van der Waals surface area contributed by atoms with Crippen LogP contribution in [0.15, 0.2) is 42.7 Å². The number of carbonyl (C=O) groups excluding carboxylic acids is 1. The quantitative estimate of drug-likeness (QED) is 0.858. The first-order valence-corrected chi connectivity index (χ1v) is 8.40. The molecule has 0 radical (unpaired) electrons. The first kappa shape index (κ1) is 16.9. The van der Waals surface area contributed by atoms with Crippen molar-refractivity contribution >= 4 is 34.9 Å². The summed E-state index contributed by atoms with van der Waals surface area (Å²) in [6.45, 7) is 2.02. The third-order valence-corrected chi connectivity index (χ3v) is 4.22. The average molecular weight is 366 g/mol. The summed E-state index contributed by atoms with van der Waals surface area (Å²) in [5.41, 5.74) is 0.701. The second-order valence-corrected chi connectivity index (χ2v) is 6.56. The predicted molar refractivity (Wildman–Crippen MR) is 94.9 cm³/mol. The van der Waals surface area contributed by atoms with Crippen LogP contribution in [0.2, 0.25) is 10.0 Å². The van der Waals surface area contributed by atoms with Gasteiger partial charge in [0, 0.05) is 29.3 Å². The van der Waals surface area contributed by atoms with E-state index in [0.717, 1.165) is 19.5 Å². The van der Waals surface area contributed by atoms with Crippen LogP contribution in [0.1, 0.15) is 6.42 Å². The summed E-state index contributed by atoms with van der Waals surface area (Å²) in [4.78, 5) is 17.8. The Morgan fingerprint density at radius 3 is 2.71 bits per heavy atom. The van der Waals surface area contributed by atoms with Gasteiger partial charge in [-0.2, -0.15) is 0 Å². The van der Waals surface area contributed by atoms with Gasteiger partial charge in [0.25, 0.3) is 0 Å². The van der Waals surface area contributed by atoms with Gasteiger partial charge in [0.2, 0.25) is 0 Å². The van der Waals surface area contributed by atoms with Crippen LogP contribution in [0.5, 0.6) is 5.75 Å². The van der Waals surface area contributed by atoms with E-state index >= 15 is 0 Å². The van der Waals surface area contributed by atoms with E-state index in [1.54, 1.807) is 41.6 Å². The maximum absolute atomic E-state index is 12.0. The molecule has 0 bridgehead atoms. The summed E-state index contributed by atoms with van der Waals surface area (Å²) in [6, 6.07) is 8.64. The number of amides is 2. The zero-order valence-electron chi connectivity index (χ0n) is 12.9. The predicted octanol–water partition coefficient (Wildman–Crippen LogP) is 4.32. The number of halogens is 2. The highest BCUT2D eigenvalue weighted by Crippen LogP contribution is 2.25. The maximum atomic E-state index is 12.0. The highest BCUT2D eigenvalue weighted by molar-refractivity contribution is 6.34. The molecule has 1 aliphatic rings. The number of rotatable bonds is 5. The van der Waals surface area contributed by atoms with Crippen molar-refractivity contribution in [2.45, 2.75) is 6.42 Å². The highest BCUT2D eigenvalue weighted by Gasteiger charge is 2.30. The molecule has 0 atom stereocenters. The minimum Gasteiger partial charge on any atom is -0.493 e. The summed E-state index contributed by atoms with van der Waals surface area (Å²) >= 11 is 11.9. The zero-order valence-corrected chi connectivity index (χ0v) is 14.4. The molecule has 1 aromatic carbocycles. The third-order valence-electron chi connectivity index (χ3n) is 3.79. The molecule has 2 amide bonds. The van der Waals surface area contributed by atoms with Crippen molar-refractivity contribution in [3.63, 3.8) is 0 Å². The number of ether oxygens (including phenoxy) is 1. The van der Waals surface area contributed by atoms with Crippen molar-refractivity contribution in [2.75, 3.05) is 25.0 Å². The van der Waals surface area contributed by atoms with Crippen LogP contribution in [0.4, 0.5) is 10.5 Å². The van der Waals surface area contributed by atoms with Gasteiger partial charge < -0.3 is 15.0 Å². The summed E-state index contributed by atoms with van der Waals surface area (Å²) in [5, 5.41) is 3.93. The minimum atomic E-state index is -0.0956. The van der Waals surface area contributed by atoms with Crippen molar-refractivity contribution in [3.05, 3.63) is 52.8 Å². The number of urea groups is 1. The van der Waals surface area contributed by atoms with Crippen molar-refractivity contribution < 1.29 is 9.53 Å². The summed E-state index contributed by atoms with van der Waals surface area (Å²) < 4.78 is 5.67. The highest BCUT2D eigenvalue weighted by atomic mass is 35.5. The Bertz CT molecular complexity index is 686. The van der Waals surface area contributed by atoms with Gasteiger partial charge in [0.05, 0.1) is 18.5 Å². The van der Waals surface area contributed by atoms with E-state index < -0.39 is 0 Å². The lowest BCUT2D eigenvalue weighted by atomic mass is 9.97. The van der Waals surface area contributed by atoms with Gasteiger partial charge in [-0.1, -0.05) is 23.2 Å². The molecule has 0 saturated carbocycles. The average Bonchev–Trinajstić information content (AvgIpc) is 2.49. The largest absolute Gasteiger partial charge is 0.493 e. The van der Waals surface area contributed by atoms with Crippen LogP contribution in [0.3, 0.4) is 0 Å². The van der Waals surface area contributed by atoms with Gasteiger partial charge in [-0.3, -0.25) is 4.98 Å². The molecule has 1 aromatic heterocycles. The van der Waals surface area contributed by atoms with E-state index in [4.69, 9.17) is 27.9 Å². The van der Waals surface area contributed by atoms with Crippen molar-refractivity contribution in [1.29, 1.82) is 0 Å². The van der Waals surface area contributed by atoms with Gasteiger partial charge in [0.15, 0.2) is 0 Å². The van der Waals surface area contributed by atoms with Crippen LogP contribution in [-0.2, 0) is 0 Å². The van der Waals surface area contributed by atoms with Crippen molar-refractivity contribution in [2.24, 2.45) is 5.92 Å². The number of hydrogen-bond acceptors (Lipinski definition) is 3. The molecule has 1 N–H and O–H groups in total. The molecule has 126 valence electrons. The molecule has 1 aliphatic heterocycles. The van der Waals surface area contributed by atoms with Crippen LogP contribution >= 0.6 is 23.2 Å². The fourth-order valence-corrected chi connectivity index (χ4v) is 3.02. The number of benzene rings is 1. The maximum Gasteiger partial charge on any atom is 0.321 e. The van der Waals surface area contributed by atoms with Crippen molar-refractivity contribution in [1.82, 2.24) is 9.88 Å². The van der Waals surface area contributed by atoms with Crippen LogP contribution in [-0.4, -0.2) is 35.6 Å². The van der Waals surface area contributed by atoms with Crippen molar-refractivity contribution in [3.8, 4) is 5.75 Å². The standard InChI is InChI=1S/C17H17Cl2N3O2/c18-13-6-14(19)8-16(7-13)24-5-3-12-10-22(11-12)17(23)21-15-2-1-4-20-9-15/h1-2,4,6-9,12H,3,5,10-11H2,(H,21,23). The number of hydrogen-bond donors (Lipinski definition) is 1. The second kappa shape index (κ2) is 7.73. The zero-order chi connectivity index (χ0) is 16.9. The smallest absolute Gasteiger partial charge is 0.321 e. The molecule has 0 aliphatic carbocycles. The van der Waals surface area contributed by atoms with E-state index in [1.807, 2.05) is 6.07 Å². The second-order valence-electron chi connectivity index (χ2n) is 5.69. The molecular weight excluding hydrogens is 349 g/mol. The number of carbonyl (C=O) groups is 1. The molecule has 0 spiro atoms. The molecule has 5 nitrogen and oxygen atoms in total. The first-order valence-electron chi connectivity index (χ1n) is 7.65. The molecule has 3 rings (SSSR count). The van der Waals surface area contributed by atoms with E-state index in [9.17, 15) is 4.79 Å². The fourth-order valence-electron chi connectivity index (χ4n) is 2.51. The normalized spacial score (nSPS) is 14.2. The molecule has 2 aromatic rings. The van der Waals surface area contributed by atoms with E-state index in [1.165, 1.54) is 0 Å². The molecule has 0 unspecified atom stereocenters. The van der Waals surface area contributed by atoms with Crippen LogP contribution in [0.25, 0.3) is 0 Å². The number of aromatic nitrogens is 1. The van der Waals surface area contributed by atoms with Gasteiger partial charge >= 0.3 is 6.03 Å². The monoisotopic (exact) mass is 365 g/mol. The van der Waals surface area contributed by atoms with Crippen LogP contribution in [0, 0.1) is 5.92 Å². The lowest BCUT2D eigenvalue weighted by molar-refractivity contribution is 0.113. The Morgan fingerprint density at radius 2 is 2.04 bits per heavy atom. The lowest BCUT2D eigenvalue weighted by Crippen LogP contribution is -2.52. The van der Waals surface area contributed by atoms with Gasteiger partial charge in [-0.05, 0) is 42.7 Å². The Kier molecular flexibility index (Phi) is 5.43. The summed E-state index contributed by atoms with van der Waals surface area (Å²) in [6.07, 6.45) is 4.17. The number of anilines is 1. The number of nitrogens with one attached hydrogen (secondary N) is 1. The van der Waals surface area contributed by atoms with E-state index in [0.29, 0.717) is 34.0 Å². The Hall–Kier alpha value is -1.98. The lowest BCUT2D eigenvalue weighted by Gasteiger charge is -2.39. The third kappa shape index (κ3) is 4.52. The molecular formula is C17H17Cl2N3O2. The molecule has 1 saturated heterocycles. The van der Waals surface area contributed by atoms with Crippen LogP contribution < -0.4 is 10.1 Å². The molecule has 7 heteroatoms. The minimum absolute atomic E-state index is 0.0956. The Morgan fingerprint density at radius 1 is 1.29 bits per heavy atom. The van der Waals surface area contributed by atoms with Gasteiger partial charge in [0.1, 0.15) is 5.75 Å². The first-order chi connectivity index (χ1) is 11.6. The topological polar surface area (TPSA) is 54.5 Å². The SMILES string of the molecule is O=C(Nc1cccnc1)N1CC(CCOc2cc(Cl)cc(Cl)c2)C1. The van der Waals surface area contributed by atoms with Gasteiger partial charge in [-0.15, -0.1) is 0 Å². The van der Waals surface area contributed by atoms with E-state index in [2.05, 4.69) is 10.3 Å². The molecule has 1 fully saturated rings. The Balaban J connectivity index is 1.37. The van der Waals surface area contributed by atoms with E-state index in [-0.39, 0.29) is 6.03 Å². The number of pyridine rings is 1.